The molecule has 25 heavy (non-hydrogen) atoms. The molecule has 0 saturated heterocycles. The molecule has 1 amide bonds. The Morgan fingerprint density at radius 2 is 1.96 bits per heavy atom. The van der Waals surface area contributed by atoms with Crippen LogP contribution >= 0.6 is 0 Å². The van der Waals surface area contributed by atoms with Crippen LogP contribution < -0.4 is 5.32 Å². The lowest BCUT2D eigenvalue weighted by Gasteiger charge is -2.20. The molecular weight excluding hydrogens is 318 g/mol. The van der Waals surface area contributed by atoms with Crippen molar-refractivity contribution in [2.24, 2.45) is 0 Å². The van der Waals surface area contributed by atoms with E-state index in [1.807, 2.05) is 26.8 Å². The Morgan fingerprint density at radius 3 is 2.56 bits per heavy atom. The summed E-state index contributed by atoms with van der Waals surface area (Å²) in [6.07, 6.45) is 6.32. The average molecular weight is 337 g/mol. The molecule has 0 radical (unpaired) electrons. The molecular formula is C18H19N5O2. The van der Waals surface area contributed by atoms with Crippen LogP contribution in [0.5, 0.6) is 5.88 Å². The van der Waals surface area contributed by atoms with Crippen LogP contribution in [0.15, 0.2) is 49.1 Å². The van der Waals surface area contributed by atoms with Crippen LogP contribution in [0, 0.1) is 0 Å². The smallest absolute Gasteiger partial charge is 0.253 e. The number of aromatic nitrogens is 4. The summed E-state index contributed by atoms with van der Waals surface area (Å²) in [4.78, 5) is 20.4. The second-order valence-corrected chi connectivity index (χ2v) is 6.64. The van der Waals surface area contributed by atoms with Gasteiger partial charge in [-0.25, -0.2) is 4.98 Å². The van der Waals surface area contributed by atoms with Crippen molar-refractivity contribution in [1.82, 2.24) is 25.1 Å². The number of hydrogen-bond acceptors (Lipinski definition) is 5. The number of aromatic hydroxyl groups is 1. The standard InChI is InChI=1S/C18H19N5O2/c1-18(2,3)22-16(24)13-6-7-15(20-10-13)23-17(25)14(11-21-23)12-5-4-8-19-9-12/h4-11,25H,1-3H3,(H,22,24). The van der Waals surface area contributed by atoms with Gasteiger partial charge < -0.3 is 10.4 Å². The summed E-state index contributed by atoms with van der Waals surface area (Å²) in [6, 6.07) is 6.90. The minimum absolute atomic E-state index is 0.0348. The summed E-state index contributed by atoms with van der Waals surface area (Å²) >= 11 is 0. The third-order valence-electron chi connectivity index (χ3n) is 3.43. The van der Waals surface area contributed by atoms with Crippen molar-refractivity contribution in [3.8, 4) is 22.8 Å². The number of amides is 1. The van der Waals surface area contributed by atoms with Crippen LogP contribution in [0.4, 0.5) is 0 Å². The summed E-state index contributed by atoms with van der Waals surface area (Å²) < 4.78 is 1.31. The van der Waals surface area contributed by atoms with E-state index >= 15 is 0 Å². The molecule has 3 aromatic rings. The van der Waals surface area contributed by atoms with Crippen molar-refractivity contribution in [3.05, 3.63) is 54.6 Å². The Labute approximate surface area is 145 Å². The predicted octanol–water partition coefficient (Wildman–Crippen LogP) is 2.56. The van der Waals surface area contributed by atoms with Gasteiger partial charge in [-0.1, -0.05) is 6.07 Å². The van der Waals surface area contributed by atoms with Crippen molar-refractivity contribution in [2.75, 3.05) is 0 Å². The van der Waals surface area contributed by atoms with Crippen LogP contribution in [0.1, 0.15) is 31.1 Å². The minimum Gasteiger partial charge on any atom is -0.493 e. The highest BCUT2D eigenvalue weighted by Gasteiger charge is 2.17. The van der Waals surface area contributed by atoms with Gasteiger partial charge in [-0.2, -0.15) is 9.78 Å². The fourth-order valence-corrected chi connectivity index (χ4v) is 2.29. The van der Waals surface area contributed by atoms with E-state index < -0.39 is 0 Å². The average Bonchev–Trinajstić information content (AvgIpc) is 2.96. The number of rotatable bonds is 3. The highest BCUT2D eigenvalue weighted by molar-refractivity contribution is 5.94. The van der Waals surface area contributed by atoms with Crippen LogP contribution in [-0.2, 0) is 0 Å². The van der Waals surface area contributed by atoms with Crippen molar-refractivity contribution < 1.29 is 9.90 Å². The van der Waals surface area contributed by atoms with Gasteiger partial charge in [0.2, 0.25) is 5.88 Å². The van der Waals surface area contributed by atoms with Crippen molar-refractivity contribution in [2.45, 2.75) is 26.3 Å². The van der Waals surface area contributed by atoms with Gasteiger partial charge in [-0.15, -0.1) is 0 Å². The maximum Gasteiger partial charge on any atom is 0.253 e. The molecule has 0 aliphatic heterocycles. The lowest BCUT2D eigenvalue weighted by molar-refractivity contribution is 0.0919. The minimum atomic E-state index is -0.325. The summed E-state index contributed by atoms with van der Waals surface area (Å²) in [5.74, 6) is 0.180. The van der Waals surface area contributed by atoms with Gasteiger partial charge in [0.15, 0.2) is 5.82 Å². The maximum absolute atomic E-state index is 12.1. The molecule has 2 N–H and O–H groups in total. The SMILES string of the molecule is CC(C)(C)NC(=O)c1ccc(-n2ncc(-c3cccnc3)c2O)nc1. The zero-order chi connectivity index (χ0) is 18.0. The highest BCUT2D eigenvalue weighted by Crippen LogP contribution is 2.29. The molecule has 3 rings (SSSR count). The third kappa shape index (κ3) is 3.65. The number of pyridine rings is 2. The molecule has 0 aromatic carbocycles. The first-order valence-electron chi connectivity index (χ1n) is 7.81. The van der Waals surface area contributed by atoms with Gasteiger partial charge >= 0.3 is 0 Å². The topological polar surface area (TPSA) is 92.9 Å². The maximum atomic E-state index is 12.1. The van der Waals surface area contributed by atoms with Crippen molar-refractivity contribution in [1.29, 1.82) is 0 Å². The summed E-state index contributed by atoms with van der Waals surface area (Å²) in [5.41, 5.74) is 1.43. The highest BCUT2D eigenvalue weighted by atomic mass is 16.3. The Kier molecular flexibility index (Phi) is 4.22. The molecule has 0 unspecified atom stereocenters. The molecule has 0 bridgehead atoms. The number of hydrogen-bond donors (Lipinski definition) is 2. The molecule has 3 aromatic heterocycles. The van der Waals surface area contributed by atoms with Gasteiger partial charge in [-0.3, -0.25) is 9.78 Å². The van der Waals surface area contributed by atoms with E-state index in [-0.39, 0.29) is 17.3 Å². The fraction of sp³-hybridized carbons (Fsp3) is 0.222. The molecule has 128 valence electrons. The molecule has 0 atom stereocenters. The van der Waals surface area contributed by atoms with Crippen LogP contribution in [0.3, 0.4) is 0 Å². The first kappa shape index (κ1) is 16.6. The van der Waals surface area contributed by atoms with Gasteiger partial charge in [0.25, 0.3) is 5.91 Å². The summed E-state index contributed by atoms with van der Waals surface area (Å²) in [6.45, 7) is 5.73. The number of carbonyl (C=O) groups is 1. The van der Waals surface area contributed by atoms with Crippen LogP contribution in [-0.4, -0.2) is 36.3 Å². The third-order valence-corrected chi connectivity index (χ3v) is 3.43. The second-order valence-electron chi connectivity index (χ2n) is 6.64. The van der Waals surface area contributed by atoms with E-state index in [4.69, 9.17) is 0 Å². The summed E-state index contributed by atoms with van der Waals surface area (Å²) in [7, 11) is 0. The summed E-state index contributed by atoms with van der Waals surface area (Å²) in [5, 5.41) is 17.5. The molecule has 0 fully saturated rings. The number of nitrogens with zero attached hydrogens (tertiary/aromatic N) is 4. The van der Waals surface area contributed by atoms with Gasteiger partial charge in [0, 0.05) is 29.7 Å². The molecule has 0 saturated carbocycles. The first-order chi connectivity index (χ1) is 11.8. The van der Waals surface area contributed by atoms with Crippen LogP contribution in [0.2, 0.25) is 0 Å². The lowest BCUT2D eigenvalue weighted by atomic mass is 10.1. The zero-order valence-electron chi connectivity index (χ0n) is 14.3. The van der Waals surface area contributed by atoms with E-state index in [1.54, 1.807) is 36.8 Å². The molecule has 7 nitrogen and oxygen atoms in total. The predicted molar refractivity (Wildman–Crippen MR) is 93.5 cm³/mol. The quantitative estimate of drug-likeness (QED) is 0.766. The molecule has 0 spiro atoms. The van der Waals surface area contributed by atoms with E-state index in [0.717, 1.165) is 5.56 Å². The van der Waals surface area contributed by atoms with Gasteiger partial charge in [0.1, 0.15) is 0 Å². The van der Waals surface area contributed by atoms with E-state index in [2.05, 4.69) is 20.4 Å². The van der Waals surface area contributed by atoms with Crippen molar-refractivity contribution in [3.63, 3.8) is 0 Å². The molecule has 0 aliphatic carbocycles. The Morgan fingerprint density at radius 1 is 1.16 bits per heavy atom. The molecule has 3 heterocycles. The number of nitrogens with one attached hydrogen (secondary N) is 1. The van der Waals surface area contributed by atoms with Gasteiger partial charge in [-0.05, 0) is 39.0 Å². The fourth-order valence-electron chi connectivity index (χ4n) is 2.29. The Bertz CT molecular complexity index is 880. The number of carbonyl (C=O) groups excluding carboxylic acids is 1. The molecule has 0 aliphatic rings. The Hall–Kier alpha value is -3.22. The van der Waals surface area contributed by atoms with E-state index in [0.29, 0.717) is 16.9 Å². The first-order valence-corrected chi connectivity index (χ1v) is 7.81. The normalized spacial score (nSPS) is 11.3. The van der Waals surface area contributed by atoms with Crippen molar-refractivity contribution >= 4 is 5.91 Å². The zero-order valence-corrected chi connectivity index (χ0v) is 14.3. The van der Waals surface area contributed by atoms with Gasteiger partial charge in [0.05, 0.1) is 17.3 Å². The van der Waals surface area contributed by atoms with E-state index in [9.17, 15) is 9.90 Å². The largest absolute Gasteiger partial charge is 0.493 e. The van der Waals surface area contributed by atoms with Crippen LogP contribution in [0.25, 0.3) is 16.9 Å². The van der Waals surface area contributed by atoms with E-state index in [1.165, 1.54) is 10.9 Å². The monoisotopic (exact) mass is 337 g/mol. The Balaban J connectivity index is 1.86. The molecule has 7 heteroatoms. The second kappa shape index (κ2) is 6.35. The lowest BCUT2D eigenvalue weighted by Crippen LogP contribution is -2.40.